The molecule has 2 aromatic rings. The molecule has 1 N–H and O–H groups in total. The fraction of sp³-hybridized carbons (Fsp3) is 0.400. The molecule has 1 heterocycles. The Morgan fingerprint density at radius 3 is 2.44 bits per heavy atom. The van der Waals surface area contributed by atoms with Crippen molar-refractivity contribution in [3.63, 3.8) is 0 Å². The zero-order chi connectivity index (χ0) is 13.1. The van der Waals surface area contributed by atoms with Crippen LogP contribution < -0.4 is 5.32 Å². The summed E-state index contributed by atoms with van der Waals surface area (Å²) in [5.41, 5.74) is 4.94. The van der Waals surface area contributed by atoms with Crippen LogP contribution >= 0.6 is 11.3 Å². The van der Waals surface area contributed by atoms with E-state index in [1.54, 1.807) is 11.3 Å². The smallest absolute Gasteiger partial charge is 0.123 e. The highest BCUT2D eigenvalue weighted by Crippen LogP contribution is 2.25. The Bertz CT molecular complexity index is 509. The van der Waals surface area contributed by atoms with Gasteiger partial charge in [-0.1, -0.05) is 31.0 Å². The van der Waals surface area contributed by atoms with Crippen molar-refractivity contribution in [2.45, 2.75) is 40.3 Å². The van der Waals surface area contributed by atoms with E-state index in [-0.39, 0.29) is 0 Å². The molecule has 2 rings (SSSR count). The van der Waals surface area contributed by atoms with Crippen LogP contribution in [0.4, 0.5) is 0 Å². The summed E-state index contributed by atoms with van der Waals surface area (Å²) in [4.78, 5) is 4.69. The van der Waals surface area contributed by atoms with E-state index in [0.29, 0.717) is 6.04 Å². The largest absolute Gasteiger partial charge is 0.309 e. The molecule has 0 aliphatic heterocycles. The Morgan fingerprint density at radius 2 is 1.83 bits per heavy atom. The Hall–Kier alpha value is -1.19. The van der Waals surface area contributed by atoms with Gasteiger partial charge in [0.1, 0.15) is 5.01 Å². The number of rotatable bonds is 4. The summed E-state index contributed by atoms with van der Waals surface area (Å²) in [6, 6.07) is 7.09. The normalized spacial score (nSPS) is 11.2. The van der Waals surface area contributed by atoms with Gasteiger partial charge < -0.3 is 5.32 Å². The van der Waals surface area contributed by atoms with E-state index < -0.39 is 0 Å². The lowest BCUT2D eigenvalue weighted by Gasteiger charge is -2.05. The topological polar surface area (TPSA) is 24.9 Å². The Morgan fingerprint density at radius 1 is 1.17 bits per heavy atom. The quantitative estimate of drug-likeness (QED) is 0.901. The van der Waals surface area contributed by atoms with Gasteiger partial charge in [-0.05, 0) is 26.0 Å². The third-order valence-electron chi connectivity index (χ3n) is 2.71. The number of aromatic nitrogens is 1. The van der Waals surface area contributed by atoms with Crippen LogP contribution in [-0.4, -0.2) is 11.0 Å². The summed E-state index contributed by atoms with van der Waals surface area (Å²) < 4.78 is 0. The highest BCUT2D eigenvalue weighted by molar-refractivity contribution is 7.13. The van der Waals surface area contributed by atoms with Gasteiger partial charge in [0, 0.05) is 23.5 Å². The fourth-order valence-electron chi connectivity index (χ4n) is 1.93. The van der Waals surface area contributed by atoms with Gasteiger partial charge in [0.05, 0.1) is 5.69 Å². The zero-order valence-electron chi connectivity index (χ0n) is 11.4. The predicted octanol–water partition coefficient (Wildman–Crippen LogP) is 3.92. The third kappa shape index (κ3) is 3.40. The van der Waals surface area contributed by atoms with Gasteiger partial charge in [0.2, 0.25) is 0 Å². The maximum Gasteiger partial charge on any atom is 0.123 e. The standard InChI is InChI=1S/C15H20N2S/c1-10(2)16-8-14-9-18-15(17-14)13-6-11(3)5-12(4)7-13/h5-7,9-10,16H,8H2,1-4H3. The predicted molar refractivity (Wildman–Crippen MR) is 79.0 cm³/mol. The summed E-state index contributed by atoms with van der Waals surface area (Å²) >= 11 is 1.72. The molecule has 3 heteroatoms. The highest BCUT2D eigenvalue weighted by atomic mass is 32.1. The first-order chi connectivity index (χ1) is 8.54. The molecule has 1 aromatic heterocycles. The molecule has 0 amide bonds. The van der Waals surface area contributed by atoms with Crippen molar-refractivity contribution in [1.29, 1.82) is 0 Å². The first-order valence-corrected chi connectivity index (χ1v) is 7.19. The summed E-state index contributed by atoms with van der Waals surface area (Å²) in [6.07, 6.45) is 0. The molecule has 18 heavy (non-hydrogen) atoms. The van der Waals surface area contributed by atoms with Gasteiger partial charge in [0.25, 0.3) is 0 Å². The molecule has 2 nitrogen and oxygen atoms in total. The summed E-state index contributed by atoms with van der Waals surface area (Å²) in [7, 11) is 0. The number of benzene rings is 1. The van der Waals surface area contributed by atoms with Gasteiger partial charge in [-0.15, -0.1) is 11.3 Å². The molecule has 0 atom stereocenters. The molecular formula is C15H20N2S. The minimum Gasteiger partial charge on any atom is -0.309 e. The minimum atomic E-state index is 0.497. The van der Waals surface area contributed by atoms with Crippen molar-refractivity contribution in [2.75, 3.05) is 0 Å². The maximum absolute atomic E-state index is 4.69. The number of nitrogens with one attached hydrogen (secondary N) is 1. The Balaban J connectivity index is 2.18. The SMILES string of the molecule is Cc1cc(C)cc(-c2nc(CNC(C)C)cs2)c1. The lowest BCUT2D eigenvalue weighted by Crippen LogP contribution is -2.21. The third-order valence-corrected chi connectivity index (χ3v) is 3.65. The van der Waals surface area contributed by atoms with E-state index >= 15 is 0 Å². The van der Waals surface area contributed by atoms with E-state index in [1.807, 2.05) is 0 Å². The van der Waals surface area contributed by atoms with Crippen molar-refractivity contribution in [3.8, 4) is 10.6 Å². The molecular weight excluding hydrogens is 240 g/mol. The van der Waals surface area contributed by atoms with Crippen molar-refractivity contribution < 1.29 is 0 Å². The van der Waals surface area contributed by atoms with Crippen LogP contribution in [0, 0.1) is 13.8 Å². The second kappa shape index (κ2) is 5.63. The first-order valence-electron chi connectivity index (χ1n) is 6.31. The monoisotopic (exact) mass is 260 g/mol. The summed E-state index contributed by atoms with van der Waals surface area (Å²) in [6.45, 7) is 9.41. The minimum absolute atomic E-state index is 0.497. The average Bonchev–Trinajstić information content (AvgIpc) is 2.73. The van der Waals surface area contributed by atoms with Crippen LogP contribution in [0.25, 0.3) is 10.6 Å². The first kappa shape index (κ1) is 13.2. The van der Waals surface area contributed by atoms with Crippen LogP contribution in [0.15, 0.2) is 23.6 Å². The molecule has 0 fully saturated rings. The molecule has 1 aromatic carbocycles. The van der Waals surface area contributed by atoms with Crippen molar-refractivity contribution in [3.05, 3.63) is 40.4 Å². The molecule has 0 unspecified atom stereocenters. The Kier molecular flexibility index (Phi) is 4.15. The average molecular weight is 260 g/mol. The molecule has 0 aliphatic rings. The number of thiazole rings is 1. The zero-order valence-corrected chi connectivity index (χ0v) is 12.3. The van der Waals surface area contributed by atoms with Gasteiger partial charge >= 0.3 is 0 Å². The molecule has 0 spiro atoms. The lowest BCUT2D eigenvalue weighted by atomic mass is 10.1. The lowest BCUT2D eigenvalue weighted by molar-refractivity contribution is 0.583. The molecule has 0 bridgehead atoms. The maximum atomic E-state index is 4.69. The van der Waals surface area contributed by atoms with Crippen LogP contribution in [0.3, 0.4) is 0 Å². The van der Waals surface area contributed by atoms with Crippen LogP contribution in [-0.2, 0) is 6.54 Å². The van der Waals surface area contributed by atoms with Gasteiger partial charge in [-0.3, -0.25) is 0 Å². The van der Waals surface area contributed by atoms with Gasteiger partial charge in [0.15, 0.2) is 0 Å². The van der Waals surface area contributed by atoms with E-state index in [1.165, 1.54) is 16.7 Å². The molecule has 0 radical (unpaired) electrons. The van der Waals surface area contributed by atoms with Gasteiger partial charge in [-0.25, -0.2) is 4.98 Å². The second-order valence-electron chi connectivity index (χ2n) is 5.06. The molecule has 0 aliphatic carbocycles. The van der Waals surface area contributed by atoms with Gasteiger partial charge in [-0.2, -0.15) is 0 Å². The van der Waals surface area contributed by atoms with E-state index in [2.05, 4.69) is 56.6 Å². The summed E-state index contributed by atoms with van der Waals surface area (Å²) in [5.74, 6) is 0. The van der Waals surface area contributed by atoms with Crippen LogP contribution in [0.5, 0.6) is 0 Å². The number of hydrogen-bond donors (Lipinski definition) is 1. The van der Waals surface area contributed by atoms with E-state index in [4.69, 9.17) is 4.98 Å². The van der Waals surface area contributed by atoms with E-state index in [9.17, 15) is 0 Å². The van der Waals surface area contributed by atoms with Crippen LogP contribution in [0.1, 0.15) is 30.7 Å². The summed E-state index contributed by atoms with van der Waals surface area (Å²) in [5, 5.41) is 6.65. The van der Waals surface area contributed by atoms with E-state index in [0.717, 1.165) is 17.2 Å². The van der Waals surface area contributed by atoms with Crippen molar-refractivity contribution in [1.82, 2.24) is 10.3 Å². The fourth-order valence-corrected chi connectivity index (χ4v) is 2.74. The second-order valence-corrected chi connectivity index (χ2v) is 5.91. The molecule has 0 saturated carbocycles. The van der Waals surface area contributed by atoms with Crippen molar-refractivity contribution in [2.24, 2.45) is 0 Å². The Labute approximate surface area is 113 Å². The molecule has 0 saturated heterocycles. The number of nitrogens with zero attached hydrogens (tertiary/aromatic N) is 1. The molecule has 96 valence electrons. The number of aryl methyl sites for hydroxylation is 2. The highest BCUT2D eigenvalue weighted by Gasteiger charge is 2.06. The van der Waals surface area contributed by atoms with Crippen LogP contribution in [0.2, 0.25) is 0 Å². The van der Waals surface area contributed by atoms with Crippen molar-refractivity contribution >= 4 is 11.3 Å². The number of hydrogen-bond acceptors (Lipinski definition) is 3.